The number of anilines is 1. The summed E-state index contributed by atoms with van der Waals surface area (Å²) in [5.74, 6) is -0.378. The number of esters is 1. The molecule has 3 aromatic rings. The van der Waals surface area contributed by atoms with E-state index >= 15 is 0 Å². The van der Waals surface area contributed by atoms with Crippen LogP contribution in [-0.4, -0.2) is 18.4 Å². The number of carbonyl (C=O) groups is 2. The van der Waals surface area contributed by atoms with Crippen molar-refractivity contribution in [3.63, 3.8) is 0 Å². The van der Waals surface area contributed by atoms with E-state index in [-0.39, 0.29) is 23.7 Å². The molecule has 3 aromatic carbocycles. The zero-order valence-electron chi connectivity index (χ0n) is 18.2. The molecule has 1 amide bonds. The first-order valence-corrected chi connectivity index (χ1v) is 10.6. The van der Waals surface area contributed by atoms with Gasteiger partial charge in [-0.3, -0.25) is 9.59 Å². The minimum atomic E-state index is -0.464. The number of ether oxygens (including phenoxy) is 1. The van der Waals surface area contributed by atoms with Gasteiger partial charge in [-0.15, -0.1) is 0 Å². The third kappa shape index (κ3) is 4.38. The molecular formula is C27H27NO3. The van der Waals surface area contributed by atoms with Crippen molar-refractivity contribution in [2.24, 2.45) is 5.92 Å². The summed E-state index contributed by atoms with van der Waals surface area (Å²) in [5, 5.41) is 0. The summed E-state index contributed by atoms with van der Waals surface area (Å²) in [7, 11) is 0. The van der Waals surface area contributed by atoms with Crippen LogP contribution < -0.4 is 9.64 Å². The second-order valence-electron chi connectivity index (χ2n) is 8.68. The Kier molecular flexibility index (Phi) is 5.64. The Labute approximate surface area is 183 Å². The average molecular weight is 414 g/mol. The molecule has 0 aliphatic carbocycles. The second-order valence-corrected chi connectivity index (χ2v) is 8.68. The van der Waals surface area contributed by atoms with Crippen LogP contribution in [0, 0.1) is 12.8 Å². The minimum absolute atomic E-state index is 0.0502. The Morgan fingerprint density at radius 1 is 0.903 bits per heavy atom. The molecule has 1 aliphatic heterocycles. The van der Waals surface area contributed by atoms with Crippen LogP contribution in [0.2, 0.25) is 0 Å². The Bertz CT molecular complexity index is 1070. The number of carbonyl (C=O) groups excluding carboxylic acids is 2. The highest BCUT2D eigenvalue weighted by molar-refractivity contribution is 5.99. The lowest BCUT2D eigenvalue weighted by Crippen LogP contribution is -2.27. The summed E-state index contributed by atoms with van der Waals surface area (Å²) in [5.41, 5.74) is 4.15. The lowest BCUT2D eigenvalue weighted by molar-refractivity contribution is -0.139. The van der Waals surface area contributed by atoms with Crippen LogP contribution in [0.25, 0.3) is 0 Å². The maximum absolute atomic E-state index is 12.7. The lowest BCUT2D eigenvalue weighted by Gasteiger charge is -2.26. The summed E-state index contributed by atoms with van der Waals surface area (Å²) in [6.45, 7) is 6.70. The topological polar surface area (TPSA) is 46.6 Å². The Morgan fingerprint density at radius 3 is 2.16 bits per heavy atom. The molecule has 1 aliphatic rings. The zero-order valence-corrected chi connectivity index (χ0v) is 18.2. The van der Waals surface area contributed by atoms with E-state index in [4.69, 9.17) is 4.74 Å². The smallest absolute Gasteiger partial charge is 0.316 e. The molecule has 158 valence electrons. The second kappa shape index (κ2) is 8.38. The molecule has 0 aromatic heterocycles. The van der Waals surface area contributed by atoms with Crippen molar-refractivity contribution in [1.82, 2.24) is 0 Å². The molecule has 1 heterocycles. The van der Waals surface area contributed by atoms with Crippen LogP contribution in [-0.2, 0) is 15.0 Å². The van der Waals surface area contributed by atoms with Gasteiger partial charge >= 0.3 is 5.97 Å². The van der Waals surface area contributed by atoms with Crippen LogP contribution in [0.5, 0.6) is 5.75 Å². The first kappa shape index (κ1) is 20.9. The fourth-order valence-electron chi connectivity index (χ4n) is 4.00. The van der Waals surface area contributed by atoms with E-state index in [2.05, 4.69) is 26.0 Å². The molecule has 0 unspecified atom stereocenters. The Hall–Kier alpha value is -3.40. The van der Waals surface area contributed by atoms with E-state index in [1.54, 1.807) is 4.90 Å². The van der Waals surface area contributed by atoms with Gasteiger partial charge in [0.25, 0.3) is 0 Å². The van der Waals surface area contributed by atoms with Gasteiger partial charge in [-0.1, -0.05) is 74.0 Å². The van der Waals surface area contributed by atoms with Crippen molar-refractivity contribution >= 4 is 17.6 Å². The van der Waals surface area contributed by atoms with Crippen molar-refractivity contribution in [3.8, 4) is 5.75 Å². The molecule has 0 saturated carbocycles. The number of amides is 1. The highest BCUT2D eigenvalue weighted by Crippen LogP contribution is 2.32. The normalized spacial score (nSPS) is 16.4. The highest BCUT2D eigenvalue weighted by atomic mass is 16.5. The molecule has 1 fully saturated rings. The quantitative estimate of drug-likeness (QED) is 0.422. The summed E-state index contributed by atoms with van der Waals surface area (Å²) >= 11 is 0. The maximum Gasteiger partial charge on any atom is 0.316 e. The van der Waals surface area contributed by atoms with E-state index < -0.39 is 5.92 Å². The van der Waals surface area contributed by atoms with Gasteiger partial charge in [0.05, 0.1) is 5.92 Å². The third-order valence-corrected chi connectivity index (χ3v) is 6.09. The zero-order chi connectivity index (χ0) is 22.0. The van der Waals surface area contributed by atoms with E-state index in [0.29, 0.717) is 12.3 Å². The molecule has 1 atom stereocenters. The Balaban J connectivity index is 1.42. The van der Waals surface area contributed by atoms with Gasteiger partial charge in [0, 0.05) is 24.1 Å². The van der Waals surface area contributed by atoms with Gasteiger partial charge in [-0.2, -0.15) is 0 Å². The lowest BCUT2D eigenvalue weighted by atomic mass is 9.78. The number of aryl methyl sites for hydroxylation is 1. The van der Waals surface area contributed by atoms with Crippen LogP contribution in [0.15, 0.2) is 78.9 Å². The highest BCUT2D eigenvalue weighted by Gasteiger charge is 2.36. The third-order valence-electron chi connectivity index (χ3n) is 6.09. The molecular weight excluding hydrogens is 386 g/mol. The van der Waals surface area contributed by atoms with E-state index in [1.807, 2.05) is 73.7 Å². The van der Waals surface area contributed by atoms with Crippen molar-refractivity contribution < 1.29 is 14.3 Å². The number of benzene rings is 3. The molecule has 4 nitrogen and oxygen atoms in total. The monoisotopic (exact) mass is 413 g/mol. The molecule has 4 rings (SSSR count). The minimum Gasteiger partial charge on any atom is -0.426 e. The fraction of sp³-hybridized carbons (Fsp3) is 0.259. The molecule has 0 N–H and O–H groups in total. The van der Waals surface area contributed by atoms with Crippen LogP contribution in [0.1, 0.15) is 37.0 Å². The summed E-state index contributed by atoms with van der Waals surface area (Å²) in [4.78, 5) is 26.8. The van der Waals surface area contributed by atoms with Gasteiger partial charge in [0.1, 0.15) is 5.75 Å². The number of rotatable bonds is 5. The van der Waals surface area contributed by atoms with Crippen molar-refractivity contribution in [1.29, 1.82) is 0 Å². The summed E-state index contributed by atoms with van der Waals surface area (Å²) in [6, 6.07) is 25.7. The molecule has 0 bridgehead atoms. The predicted molar refractivity (Wildman–Crippen MR) is 122 cm³/mol. The summed E-state index contributed by atoms with van der Waals surface area (Å²) in [6.07, 6.45) is 0.172. The standard InChI is InChI=1S/C27H27NO3/c1-19-9-13-23(14-10-19)28-18-20(17-25(28)29)26(30)31-24-15-11-22(12-16-24)27(2,3)21-7-5-4-6-8-21/h4-16,20H,17-18H2,1-3H3/t20-/m1/s1. The van der Waals surface area contributed by atoms with Crippen molar-refractivity contribution in [3.05, 3.63) is 95.6 Å². The van der Waals surface area contributed by atoms with E-state index in [9.17, 15) is 9.59 Å². The Morgan fingerprint density at radius 2 is 1.52 bits per heavy atom. The first-order valence-electron chi connectivity index (χ1n) is 10.6. The van der Waals surface area contributed by atoms with Crippen LogP contribution >= 0.6 is 0 Å². The van der Waals surface area contributed by atoms with Crippen LogP contribution in [0.3, 0.4) is 0 Å². The number of hydrogen-bond acceptors (Lipinski definition) is 3. The van der Waals surface area contributed by atoms with Gasteiger partial charge in [-0.25, -0.2) is 0 Å². The molecule has 31 heavy (non-hydrogen) atoms. The fourth-order valence-corrected chi connectivity index (χ4v) is 4.00. The van der Waals surface area contributed by atoms with E-state index in [1.165, 1.54) is 5.56 Å². The average Bonchev–Trinajstić information content (AvgIpc) is 3.17. The largest absolute Gasteiger partial charge is 0.426 e. The maximum atomic E-state index is 12.7. The first-order chi connectivity index (χ1) is 14.8. The van der Waals surface area contributed by atoms with Gasteiger partial charge < -0.3 is 9.64 Å². The number of nitrogens with zero attached hydrogens (tertiary/aromatic N) is 1. The SMILES string of the molecule is Cc1ccc(N2C[C@H](C(=O)Oc3ccc(C(C)(C)c4ccccc4)cc3)CC2=O)cc1. The predicted octanol–water partition coefficient (Wildman–Crippen LogP) is 5.28. The molecule has 1 saturated heterocycles. The van der Waals surface area contributed by atoms with Gasteiger partial charge in [-0.05, 0) is 42.3 Å². The number of hydrogen-bond donors (Lipinski definition) is 0. The van der Waals surface area contributed by atoms with Crippen LogP contribution in [0.4, 0.5) is 5.69 Å². The van der Waals surface area contributed by atoms with Crippen molar-refractivity contribution in [2.45, 2.75) is 32.6 Å². The molecule has 0 spiro atoms. The molecule has 4 heteroatoms. The van der Waals surface area contributed by atoms with Gasteiger partial charge in [0.2, 0.25) is 5.91 Å². The van der Waals surface area contributed by atoms with Crippen molar-refractivity contribution in [2.75, 3.05) is 11.4 Å². The molecule has 0 radical (unpaired) electrons. The van der Waals surface area contributed by atoms with Gasteiger partial charge in [0.15, 0.2) is 0 Å². The van der Waals surface area contributed by atoms with E-state index in [0.717, 1.165) is 16.8 Å². The summed E-state index contributed by atoms with van der Waals surface area (Å²) < 4.78 is 5.61.